The molecule has 2 aliphatic heterocycles. The molecule has 3 atom stereocenters. The first kappa shape index (κ1) is 25.5. The number of allylic oxidation sites excluding steroid dienone is 1. The number of benzene rings is 3. The molecule has 1 saturated heterocycles. The summed E-state index contributed by atoms with van der Waals surface area (Å²) < 4.78 is 2.19. The largest absolute Gasteiger partial charge is 0.322 e. The molecule has 1 amide bonds. The number of carbonyl (C=O) groups excluding carboxylic acids is 1. The number of para-hydroxylation sites is 1. The van der Waals surface area contributed by atoms with Crippen LogP contribution in [0, 0.1) is 5.92 Å². The fourth-order valence-corrected chi connectivity index (χ4v) is 6.52. The van der Waals surface area contributed by atoms with Crippen LogP contribution in [0.2, 0.25) is 5.02 Å². The number of hydrazine groups is 1. The molecule has 9 heteroatoms. The maximum absolute atomic E-state index is 14.0. The number of hydrogen-bond donors (Lipinski definition) is 3. The lowest BCUT2D eigenvalue weighted by molar-refractivity contribution is -0.113. The first-order valence-electron chi connectivity index (χ1n) is 12.7. The minimum atomic E-state index is -0.717. The van der Waals surface area contributed by atoms with Gasteiger partial charge < -0.3 is 5.32 Å². The van der Waals surface area contributed by atoms with Crippen LogP contribution in [0.1, 0.15) is 30.1 Å². The van der Waals surface area contributed by atoms with Gasteiger partial charge in [0.05, 0.1) is 27.9 Å². The van der Waals surface area contributed by atoms with Crippen molar-refractivity contribution >= 4 is 40.6 Å². The zero-order valence-corrected chi connectivity index (χ0v) is 22.7. The van der Waals surface area contributed by atoms with E-state index in [9.17, 15) is 9.59 Å². The summed E-state index contributed by atoms with van der Waals surface area (Å²) in [6, 6.07) is 26.0. The summed E-state index contributed by atoms with van der Waals surface area (Å²) in [5.41, 5.74) is 9.77. The molecule has 4 aromatic rings. The Bertz CT molecular complexity index is 1750. The molecule has 0 saturated carbocycles. The van der Waals surface area contributed by atoms with Crippen molar-refractivity contribution in [2.45, 2.75) is 19.0 Å². The molecular weight excluding hydrogens is 530 g/mol. The van der Waals surface area contributed by atoms with Crippen molar-refractivity contribution in [2.75, 3.05) is 11.9 Å². The number of fused-ring (bicyclic) bond motifs is 1. The second kappa shape index (κ2) is 10.7. The highest BCUT2D eigenvalue weighted by atomic mass is 35.5. The number of anilines is 1. The number of carbonyl (C=O) groups is 1. The van der Waals surface area contributed by atoms with Gasteiger partial charge in [0.1, 0.15) is 0 Å². The SMILES string of the molecule is CC1=C(C(=O)Nc2ccccc2)C(c2ccccc2Cl)n2c(s/c(=C/C3CNNC3c3ccccc3)c2=O)=N1. The van der Waals surface area contributed by atoms with Crippen molar-refractivity contribution < 1.29 is 4.79 Å². The fourth-order valence-electron chi connectivity index (χ4n) is 5.19. The van der Waals surface area contributed by atoms with Gasteiger partial charge in [-0.05, 0) is 36.2 Å². The third-order valence-corrected chi connectivity index (χ3v) is 8.39. The maximum Gasteiger partial charge on any atom is 0.270 e. The van der Waals surface area contributed by atoms with Crippen LogP contribution in [0.4, 0.5) is 5.69 Å². The first-order valence-corrected chi connectivity index (χ1v) is 13.9. The number of nitrogens with one attached hydrogen (secondary N) is 3. The molecule has 3 aromatic carbocycles. The van der Waals surface area contributed by atoms with Gasteiger partial charge in [-0.1, -0.05) is 95.7 Å². The Morgan fingerprint density at radius 3 is 2.49 bits per heavy atom. The number of hydrogen-bond acceptors (Lipinski definition) is 6. The number of thiazole rings is 1. The van der Waals surface area contributed by atoms with Crippen LogP contribution in [-0.2, 0) is 4.79 Å². The molecule has 1 fully saturated rings. The van der Waals surface area contributed by atoms with Gasteiger partial charge in [0.15, 0.2) is 4.80 Å². The standard InChI is InChI=1S/C30H26ClN5O2S/c1-18-25(28(37)34-21-12-6-3-7-13-21)27(22-14-8-9-15-23(22)31)36-29(38)24(39-30(36)33-18)16-20-17-32-35-26(20)19-10-4-2-5-11-19/h2-16,20,26-27,32,35H,17H2,1H3,(H,34,37)/b24-16+. The van der Waals surface area contributed by atoms with Gasteiger partial charge >= 0.3 is 0 Å². The molecule has 3 N–H and O–H groups in total. The molecule has 3 unspecified atom stereocenters. The van der Waals surface area contributed by atoms with Crippen molar-refractivity contribution in [1.82, 2.24) is 15.4 Å². The van der Waals surface area contributed by atoms with Crippen LogP contribution in [0.25, 0.3) is 6.08 Å². The number of rotatable bonds is 5. The highest BCUT2D eigenvalue weighted by Gasteiger charge is 2.34. The van der Waals surface area contributed by atoms with Crippen LogP contribution in [0.5, 0.6) is 0 Å². The molecular formula is C30H26ClN5O2S. The van der Waals surface area contributed by atoms with E-state index < -0.39 is 6.04 Å². The van der Waals surface area contributed by atoms with Crippen LogP contribution >= 0.6 is 22.9 Å². The summed E-state index contributed by atoms with van der Waals surface area (Å²) in [7, 11) is 0. The lowest BCUT2D eigenvalue weighted by atomic mass is 9.94. The molecule has 0 radical (unpaired) electrons. The summed E-state index contributed by atoms with van der Waals surface area (Å²) in [5.74, 6) is -0.274. The Balaban J connectivity index is 1.47. The van der Waals surface area contributed by atoms with Gasteiger partial charge in [-0.25, -0.2) is 10.4 Å². The van der Waals surface area contributed by atoms with E-state index in [2.05, 4.69) is 28.3 Å². The normalized spacial score (nSPS) is 21.0. The van der Waals surface area contributed by atoms with Crippen molar-refractivity contribution in [3.05, 3.63) is 132 Å². The maximum atomic E-state index is 14.0. The lowest BCUT2D eigenvalue weighted by Gasteiger charge is -2.26. The van der Waals surface area contributed by atoms with Gasteiger partial charge in [0, 0.05) is 23.2 Å². The Morgan fingerprint density at radius 1 is 1.05 bits per heavy atom. The molecule has 3 heterocycles. The summed E-state index contributed by atoms with van der Waals surface area (Å²) in [4.78, 5) is 33.0. The first-order chi connectivity index (χ1) is 19.0. The molecule has 39 heavy (non-hydrogen) atoms. The van der Waals surface area contributed by atoms with E-state index in [0.29, 0.717) is 43.4 Å². The number of nitrogens with zero attached hydrogens (tertiary/aromatic N) is 2. The highest BCUT2D eigenvalue weighted by Crippen LogP contribution is 2.34. The Morgan fingerprint density at radius 2 is 1.74 bits per heavy atom. The van der Waals surface area contributed by atoms with E-state index in [0.717, 1.165) is 5.56 Å². The van der Waals surface area contributed by atoms with Crippen molar-refractivity contribution in [3.8, 4) is 0 Å². The molecule has 196 valence electrons. The molecule has 0 aliphatic carbocycles. The van der Waals surface area contributed by atoms with Crippen LogP contribution in [-0.4, -0.2) is 17.0 Å². The van der Waals surface area contributed by atoms with E-state index in [1.165, 1.54) is 11.3 Å². The Kier molecular flexibility index (Phi) is 7.01. The second-order valence-corrected chi connectivity index (χ2v) is 10.9. The lowest BCUT2D eigenvalue weighted by Crippen LogP contribution is -2.40. The Hall–Kier alpha value is -3.82. The monoisotopic (exact) mass is 555 g/mol. The van der Waals surface area contributed by atoms with Gasteiger partial charge in [-0.3, -0.25) is 19.6 Å². The van der Waals surface area contributed by atoms with Crippen LogP contribution in [0.15, 0.2) is 106 Å². The van der Waals surface area contributed by atoms with Crippen molar-refractivity contribution in [3.63, 3.8) is 0 Å². The average Bonchev–Trinajstić information content (AvgIpc) is 3.53. The second-order valence-electron chi connectivity index (χ2n) is 9.52. The van der Waals surface area contributed by atoms with Gasteiger partial charge in [0.25, 0.3) is 11.5 Å². The summed E-state index contributed by atoms with van der Waals surface area (Å²) >= 11 is 8.00. The molecule has 0 bridgehead atoms. The van der Waals surface area contributed by atoms with Gasteiger partial charge in [-0.2, -0.15) is 0 Å². The van der Waals surface area contributed by atoms with E-state index in [1.807, 2.05) is 72.8 Å². The smallest absolute Gasteiger partial charge is 0.270 e. The van der Waals surface area contributed by atoms with Gasteiger partial charge in [0.2, 0.25) is 0 Å². The summed E-state index contributed by atoms with van der Waals surface area (Å²) in [5, 5.41) is 3.44. The van der Waals surface area contributed by atoms with Crippen LogP contribution in [0.3, 0.4) is 0 Å². The molecule has 1 aromatic heterocycles. The average molecular weight is 556 g/mol. The molecule has 6 rings (SSSR count). The zero-order valence-electron chi connectivity index (χ0n) is 21.1. The minimum absolute atomic E-state index is 0.0260. The number of aromatic nitrogens is 1. The third kappa shape index (κ3) is 4.88. The van der Waals surface area contributed by atoms with E-state index >= 15 is 0 Å². The predicted octanol–water partition coefficient (Wildman–Crippen LogP) is 3.94. The summed E-state index contributed by atoms with van der Waals surface area (Å²) in [6.07, 6.45) is 2.02. The summed E-state index contributed by atoms with van der Waals surface area (Å²) in [6.45, 7) is 2.48. The minimum Gasteiger partial charge on any atom is -0.322 e. The third-order valence-electron chi connectivity index (χ3n) is 7.05. The molecule has 0 spiro atoms. The van der Waals surface area contributed by atoms with Crippen LogP contribution < -0.4 is 31.1 Å². The van der Waals surface area contributed by atoms with E-state index in [1.54, 1.807) is 17.6 Å². The molecule has 7 nitrogen and oxygen atoms in total. The van der Waals surface area contributed by atoms with E-state index in [4.69, 9.17) is 16.6 Å². The molecule has 2 aliphatic rings. The van der Waals surface area contributed by atoms with Crippen molar-refractivity contribution in [2.24, 2.45) is 10.9 Å². The topological polar surface area (TPSA) is 87.5 Å². The fraction of sp³-hybridized carbons (Fsp3) is 0.167. The highest BCUT2D eigenvalue weighted by molar-refractivity contribution is 7.07. The number of halogens is 1. The zero-order chi connectivity index (χ0) is 26.9. The van der Waals surface area contributed by atoms with E-state index in [-0.39, 0.29) is 23.4 Å². The van der Waals surface area contributed by atoms with Crippen molar-refractivity contribution in [1.29, 1.82) is 0 Å². The predicted molar refractivity (Wildman–Crippen MR) is 155 cm³/mol. The van der Waals surface area contributed by atoms with Gasteiger partial charge in [-0.15, -0.1) is 0 Å². The quantitative estimate of drug-likeness (QED) is 0.348. The number of amides is 1. The Labute approximate surface area is 234 Å².